The monoisotopic (exact) mass is 434 g/mol. The lowest BCUT2D eigenvalue weighted by Gasteiger charge is -2.30. The van der Waals surface area contributed by atoms with E-state index in [0.29, 0.717) is 49.8 Å². The number of halogens is 2. The van der Waals surface area contributed by atoms with E-state index < -0.39 is 29.0 Å². The predicted octanol–water partition coefficient (Wildman–Crippen LogP) is 2.68. The third kappa shape index (κ3) is 4.92. The summed E-state index contributed by atoms with van der Waals surface area (Å²) in [5, 5.41) is 5.56. The number of carbonyl (C=O) groups is 2. The Labute approximate surface area is 180 Å². The molecule has 9 heteroatoms. The Balaban J connectivity index is 2.02. The minimum Gasteiger partial charge on any atom is -0.379 e. The highest BCUT2D eigenvalue weighted by Crippen LogP contribution is 2.27. The Kier molecular flexibility index (Phi) is 6.74. The van der Waals surface area contributed by atoms with E-state index in [0.717, 1.165) is 12.1 Å². The van der Waals surface area contributed by atoms with E-state index in [9.17, 15) is 18.4 Å². The van der Waals surface area contributed by atoms with Gasteiger partial charge in [0.1, 0.15) is 17.6 Å². The second-order valence-corrected chi connectivity index (χ2v) is 8.54. The van der Waals surface area contributed by atoms with Gasteiger partial charge in [-0.15, -0.1) is 0 Å². The molecule has 0 aliphatic carbocycles. The van der Waals surface area contributed by atoms with Gasteiger partial charge in [-0.05, 0) is 30.5 Å². The fourth-order valence-electron chi connectivity index (χ4n) is 3.60. The second-order valence-electron chi connectivity index (χ2n) is 8.54. The van der Waals surface area contributed by atoms with Crippen LogP contribution in [-0.4, -0.2) is 47.2 Å². The number of rotatable bonds is 5. The lowest BCUT2D eigenvalue weighted by Crippen LogP contribution is -2.53. The molecule has 31 heavy (non-hydrogen) atoms. The summed E-state index contributed by atoms with van der Waals surface area (Å²) in [4.78, 5) is 30.3. The summed E-state index contributed by atoms with van der Waals surface area (Å²) < 4.78 is 34.6. The van der Waals surface area contributed by atoms with E-state index >= 15 is 0 Å². The maximum atomic E-state index is 13.8. The fourth-order valence-corrected chi connectivity index (χ4v) is 3.60. The molecule has 2 aromatic rings. The van der Waals surface area contributed by atoms with Gasteiger partial charge in [-0.1, -0.05) is 20.8 Å². The van der Waals surface area contributed by atoms with Crippen LogP contribution in [0.3, 0.4) is 0 Å². The molecule has 1 aromatic heterocycles. The van der Waals surface area contributed by atoms with Crippen molar-refractivity contribution in [2.24, 2.45) is 5.41 Å². The van der Waals surface area contributed by atoms with Gasteiger partial charge in [0.05, 0.1) is 18.9 Å². The van der Waals surface area contributed by atoms with E-state index in [-0.39, 0.29) is 11.6 Å². The molecule has 0 radical (unpaired) electrons. The molecular formula is C22H28F2N4O3. The van der Waals surface area contributed by atoms with E-state index in [2.05, 4.69) is 15.6 Å². The van der Waals surface area contributed by atoms with Gasteiger partial charge in [0, 0.05) is 25.1 Å². The number of nitrogens with zero attached hydrogens (tertiary/aromatic N) is 2. The summed E-state index contributed by atoms with van der Waals surface area (Å²) in [6, 6.07) is 2.74. The highest BCUT2D eigenvalue weighted by atomic mass is 19.2. The van der Waals surface area contributed by atoms with E-state index in [4.69, 9.17) is 4.74 Å². The highest BCUT2D eigenvalue weighted by Gasteiger charge is 2.34. The summed E-state index contributed by atoms with van der Waals surface area (Å²) >= 11 is 0. The second kappa shape index (κ2) is 9.13. The summed E-state index contributed by atoms with van der Waals surface area (Å²) in [6.45, 7) is 9.07. The van der Waals surface area contributed by atoms with Crippen molar-refractivity contribution in [3.63, 3.8) is 0 Å². The zero-order valence-corrected chi connectivity index (χ0v) is 18.2. The van der Waals surface area contributed by atoms with Crippen LogP contribution in [-0.2, 0) is 22.5 Å². The zero-order chi connectivity index (χ0) is 22.8. The van der Waals surface area contributed by atoms with Gasteiger partial charge >= 0.3 is 0 Å². The first-order valence-corrected chi connectivity index (χ1v) is 10.3. The summed E-state index contributed by atoms with van der Waals surface area (Å²) in [7, 11) is 0. The largest absolute Gasteiger partial charge is 0.379 e. The molecule has 1 aliphatic rings. The molecule has 2 heterocycles. The van der Waals surface area contributed by atoms with Crippen molar-refractivity contribution in [1.29, 1.82) is 0 Å². The van der Waals surface area contributed by atoms with Crippen molar-refractivity contribution in [3.8, 4) is 11.4 Å². The van der Waals surface area contributed by atoms with Crippen LogP contribution < -0.4 is 10.6 Å². The molecule has 0 saturated heterocycles. The average Bonchev–Trinajstić information content (AvgIpc) is 2.88. The molecule has 3 rings (SSSR count). The number of likely N-dealkylation sites (N-methyl/N-ethyl adjacent to an activating group) is 1. The first kappa shape index (κ1) is 22.9. The molecular weight excluding hydrogens is 406 g/mol. The summed E-state index contributed by atoms with van der Waals surface area (Å²) in [5.41, 5.74) is 0.622. The van der Waals surface area contributed by atoms with Crippen LogP contribution in [0.2, 0.25) is 0 Å². The lowest BCUT2D eigenvalue weighted by atomic mass is 9.86. The Morgan fingerprint density at radius 2 is 1.97 bits per heavy atom. The normalized spacial score (nSPS) is 15.0. The third-order valence-corrected chi connectivity index (χ3v) is 5.16. The molecule has 0 saturated carbocycles. The van der Waals surface area contributed by atoms with Gasteiger partial charge in [0.25, 0.3) is 5.91 Å². The Bertz CT molecular complexity index is 982. The van der Waals surface area contributed by atoms with E-state index in [1.807, 2.05) is 27.7 Å². The number of carbonyl (C=O) groups excluding carboxylic acids is 2. The fraction of sp³-hybridized carbons (Fsp3) is 0.500. The van der Waals surface area contributed by atoms with Crippen molar-refractivity contribution in [3.05, 3.63) is 41.2 Å². The first-order valence-electron chi connectivity index (χ1n) is 10.3. The average molecular weight is 434 g/mol. The van der Waals surface area contributed by atoms with Gasteiger partial charge in [0.2, 0.25) is 5.91 Å². The van der Waals surface area contributed by atoms with E-state index in [1.54, 1.807) is 4.57 Å². The molecule has 1 atom stereocenters. The molecule has 1 aromatic carbocycles. The SMILES string of the molecule is CCNC(=O)[C@@H](NC(=O)c1nc(-c2ccc(F)c(F)c2)n2c1CCOCC2)C(C)(C)C. The highest BCUT2D eigenvalue weighted by molar-refractivity contribution is 5.98. The standard InChI is InChI=1S/C22H28F2N4O3/c1-5-25-21(30)18(22(2,3)4)27-20(29)17-16-8-10-31-11-9-28(16)19(26-17)13-6-7-14(23)15(24)12-13/h6-7,12,18H,5,8-11H2,1-4H3,(H,25,30)(H,27,29)/t18-/m1/s1. The molecule has 2 N–H and O–H groups in total. The number of nitrogens with one attached hydrogen (secondary N) is 2. The van der Waals surface area contributed by atoms with E-state index in [1.165, 1.54) is 6.07 Å². The smallest absolute Gasteiger partial charge is 0.272 e. The zero-order valence-electron chi connectivity index (χ0n) is 18.2. The molecule has 2 amide bonds. The number of hydrogen-bond donors (Lipinski definition) is 2. The van der Waals surface area contributed by atoms with Crippen molar-refractivity contribution in [1.82, 2.24) is 20.2 Å². The minimum absolute atomic E-state index is 0.156. The van der Waals surface area contributed by atoms with Gasteiger partial charge in [0.15, 0.2) is 11.6 Å². The Morgan fingerprint density at radius 1 is 1.23 bits per heavy atom. The van der Waals surface area contributed by atoms with Gasteiger partial charge in [-0.3, -0.25) is 9.59 Å². The van der Waals surface area contributed by atoms with Crippen LogP contribution in [0.1, 0.15) is 43.9 Å². The van der Waals surface area contributed by atoms with Crippen LogP contribution in [0.25, 0.3) is 11.4 Å². The van der Waals surface area contributed by atoms with Gasteiger partial charge in [-0.25, -0.2) is 13.8 Å². The first-order chi connectivity index (χ1) is 14.6. The van der Waals surface area contributed by atoms with Gasteiger partial charge in [-0.2, -0.15) is 0 Å². The number of hydrogen-bond acceptors (Lipinski definition) is 4. The Morgan fingerprint density at radius 3 is 2.61 bits per heavy atom. The number of amides is 2. The van der Waals surface area contributed by atoms with Crippen molar-refractivity contribution in [2.45, 2.75) is 46.7 Å². The Hall–Kier alpha value is -2.81. The number of fused-ring (bicyclic) bond motifs is 1. The van der Waals surface area contributed by atoms with Gasteiger partial charge < -0.3 is 19.9 Å². The lowest BCUT2D eigenvalue weighted by molar-refractivity contribution is -0.125. The molecule has 0 bridgehead atoms. The molecule has 168 valence electrons. The van der Waals surface area contributed by atoms with Crippen LogP contribution in [0.15, 0.2) is 18.2 Å². The molecule has 1 aliphatic heterocycles. The number of benzene rings is 1. The molecule has 0 fully saturated rings. The molecule has 7 nitrogen and oxygen atoms in total. The number of aromatic nitrogens is 2. The number of ether oxygens (including phenoxy) is 1. The minimum atomic E-state index is -0.991. The van der Waals surface area contributed by atoms with Crippen LogP contribution in [0.4, 0.5) is 8.78 Å². The quantitative estimate of drug-likeness (QED) is 0.758. The maximum absolute atomic E-state index is 13.8. The van der Waals surface area contributed by atoms with Crippen LogP contribution in [0.5, 0.6) is 0 Å². The van der Waals surface area contributed by atoms with Crippen LogP contribution in [0, 0.1) is 17.0 Å². The number of imidazole rings is 1. The maximum Gasteiger partial charge on any atom is 0.272 e. The summed E-state index contributed by atoms with van der Waals surface area (Å²) in [6.07, 6.45) is 0.431. The molecule has 0 spiro atoms. The summed E-state index contributed by atoms with van der Waals surface area (Å²) in [5.74, 6) is -2.37. The van der Waals surface area contributed by atoms with Crippen molar-refractivity contribution in [2.75, 3.05) is 19.8 Å². The molecule has 0 unspecified atom stereocenters. The van der Waals surface area contributed by atoms with Crippen molar-refractivity contribution < 1.29 is 23.1 Å². The van der Waals surface area contributed by atoms with Crippen LogP contribution >= 0.6 is 0 Å². The topological polar surface area (TPSA) is 85.3 Å². The third-order valence-electron chi connectivity index (χ3n) is 5.16. The predicted molar refractivity (Wildman–Crippen MR) is 111 cm³/mol. The van der Waals surface area contributed by atoms with Crippen molar-refractivity contribution >= 4 is 11.8 Å².